The smallest absolute Gasteiger partial charge is 0.228 e. The summed E-state index contributed by atoms with van der Waals surface area (Å²) >= 11 is 0. The first-order valence-corrected chi connectivity index (χ1v) is 15.1. The Balaban J connectivity index is 1.18. The van der Waals surface area contributed by atoms with Crippen LogP contribution in [0.5, 0.6) is 0 Å². The second kappa shape index (κ2) is 12.8. The third-order valence-corrected chi connectivity index (χ3v) is 7.65. The molecule has 0 aliphatic carbocycles. The van der Waals surface area contributed by atoms with Crippen LogP contribution in [0.2, 0.25) is 0 Å². The lowest BCUT2D eigenvalue weighted by atomic mass is 10.1. The van der Waals surface area contributed by atoms with Crippen LogP contribution >= 0.6 is 0 Å². The summed E-state index contributed by atoms with van der Waals surface area (Å²) < 4.78 is 14.7. The highest BCUT2D eigenvalue weighted by Crippen LogP contribution is 2.33. The molecule has 0 radical (unpaired) electrons. The molecule has 0 saturated heterocycles. The number of nitrogens with one attached hydrogen (secondary N) is 4. The molecular weight excluding hydrogens is 595 g/mol. The average molecular weight is 627 g/mol. The Labute approximate surface area is 269 Å². The van der Waals surface area contributed by atoms with E-state index in [1.54, 1.807) is 24.8 Å². The Morgan fingerprint density at radius 2 is 1.68 bits per heavy atom. The monoisotopic (exact) mass is 626 g/mol. The van der Waals surface area contributed by atoms with E-state index < -0.39 is 0 Å². The Hall–Kier alpha value is -6.01. The molecule has 0 aliphatic rings. The number of imidazole rings is 1. The van der Waals surface area contributed by atoms with E-state index in [0.29, 0.717) is 62.8 Å². The van der Waals surface area contributed by atoms with Gasteiger partial charge in [-0.3, -0.25) is 19.9 Å². The average Bonchev–Trinajstić information content (AvgIpc) is 3.69. The summed E-state index contributed by atoms with van der Waals surface area (Å²) in [6, 6.07) is 20.0. The van der Waals surface area contributed by atoms with Gasteiger partial charge in [0.25, 0.3) is 0 Å². The van der Waals surface area contributed by atoms with Crippen LogP contribution in [0.25, 0.3) is 56.0 Å². The lowest BCUT2D eigenvalue weighted by Crippen LogP contribution is -2.20. The number of rotatable bonds is 10. The Morgan fingerprint density at radius 1 is 0.851 bits per heavy atom. The van der Waals surface area contributed by atoms with Crippen LogP contribution in [0, 0.1) is 5.82 Å². The minimum Gasteiger partial charge on any atom is -0.384 e. The van der Waals surface area contributed by atoms with Crippen molar-refractivity contribution in [1.29, 1.82) is 0 Å². The SMILES string of the molecule is CN(C)CCNc1cc(F)cc(-c2cncc3[nH]c(-c4n[nH]c5ccc(-c6cncc(NC(=O)Cc7ccccc7)c6)nc45)nc23)c1. The van der Waals surface area contributed by atoms with E-state index in [-0.39, 0.29) is 18.1 Å². The van der Waals surface area contributed by atoms with Crippen molar-refractivity contribution in [2.24, 2.45) is 0 Å². The molecule has 47 heavy (non-hydrogen) atoms. The molecule has 234 valence electrons. The Bertz CT molecular complexity index is 2210. The molecule has 12 heteroatoms. The minimum atomic E-state index is -0.355. The maximum Gasteiger partial charge on any atom is 0.228 e. The lowest BCUT2D eigenvalue weighted by molar-refractivity contribution is -0.115. The first kappa shape index (κ1) is 29.7. The lowest BCUT2D eigenvalue weighted by Gasteiger charge is -2.12. The summed E-state index contributed by atoms with van der Waals surface area (Å²) in [6.07, 6.45) is 6.93. The fraction of sp³-hybridized carbons (Fsp3) is 0.143. The molecule has 0 bridgehead atoms. The molecule has 5 heterocycles. The Kier molecular flexibility index (Phi) is 8.07. The maximum atomic E-state index is 14.7. The first-order chi connectivity index (χ1) is 22.9. The molecule has 2 aromatic carbocycles. The van der Waals surface area contributed by atoms with Crippen LogP contribution < -0.4 is 10.6 Å². The van der Waals surface area contributed by atoms with Gasteiger partial charge in [0.2, 0.25) is 5.91 Å². The number of aromatic amines is 2. The number of anilines is 2. The molecule has 5 aromatic heterocycles. The van der Waals surface area contributed by atoms with Crippen LogP contribution in [0.4, 0.5) is 15.8 Å². The second-order valence-corrected chi connectivity index (χ2v) is 11.5. The highest BCUT2D eigenvalue weighted by Gasteiger charge is 2.18. The van der Waals surface area contributed by atoms with Crippen molar-refractivity contribution in [3.63, 3.8) is 0 Å². The standard InChI is InChI=1S/C35H31FN10O/c1-46(2)11-10-39-25-14-22(13-24(36)16-25)27-19-38-20-30-32(27)43-35(42-30)34-33-29(44-45-34)9-8-28(41-33)23-15-26(18-37-17-23)40-31(47)12-21-6-4-3-5-7-21/h3-9,13-20,39H,10-12H2,1-2H3,(H,40,47)(H,42,43)(H,44,45). The van der Waals surface area contributed by atoms with Crippen molar-refractivity contribution >= 4 is 39.3 Å². The van der Waals surface area contributed by atoms with E-state index in [2.05, 4.69) is 40.7 Å². The minimum absolute atomic E-state index is 0.135. The van der Waals surface area contributed by atoms with Crippen LogP contribution in [0.1, 0.15) is 5.56 Å². The summed E-state index contributed by atoms with van der Waals surface area (Å²) in [4.78, 5) is 36.5. The number of hydrogen-bond donors (Lipinski definition) is 4. The van der Waals surface area contributed by atoms with Crippen molar-refractivity contribution in [1.82, 2.24) is 40.0 Å². The van der Waals surface area contributed by atoms with Gasteiger partial charge in [-0.25, -0.2) is 14.4 Å². The molecule has 0 unspecified atom stereocenters. The zero-order valence-electron chi connectivity index (χ0n) is 25.8. The summed E-state index contributed by atoms with van der Waals surface area (Å²) in [5, 5.41) is 13.8. The number of fused-ring (bicyclic) bond motifs is 2. The summed E-state index contributed by atoms with van der Waals surface area (Å²) in [5.74, 6) is 0.00220. The number of aromatic nitrogens is 7. The molecule has 4 N–H and O–H groups in total. The van der Waals surface area contributed by atoms with Crippen LogP contribution in [0.3, 0.4) is 0 Å². The van der Waals surface area contributed by atoms with Crippen molar-refractivity contribution in [3.05, 3.63) is 103 Å². The number of halogens is 1. The molecule has 7 aromatic rings. The number of carbonyl (C=O) groups is 1. The summed E-state index contributed by atoms with van der Waals surface area (Å²) in [5.41, 5.74) is 8.07. The predicted octanol–water partition coefficient (Wildman–Crippen LogP) is 5.92. The highest BCUT2D eigenvalue weighted by atomic mass is 19.1. The van der Waals surface area contributed by atoms with Gasteiger partial charge in [0.1, 0.15) is 11.3 Å². The number of likely N-dealkylation sites (N-methyl/N-ethyl adjacent to an activating group) is 1. The molecule has 0 aliphatic heterocycles. The van der Waals surface area contributed by atoms with Crippen LogP contribution in [0.15, 0.2) is 91.5 Å². The molecular formula is C35H31FN10O. The quantitative estimate of drug-likeness (QED) is 0.147. The first-order valence-electron chi connectivity index (χ1n) is 15.1. The van der Waals surface area contributed by atoms with E-state index in [9.17, 15) is 9.18 Å². The van der Waals surface area contributed by atoms with Gasteiger partial charge in [0.05, 0.1) is 46.7 Å². The maximum absolute atomic E-state index is 14.7. The summed E-state index contributed by atoms with van der Waals surface area (Å²) in [7, 11) is 3.98. The second-order valence-electron chi connectivity index (χ2n) is 11.5. The van der Waals surface area contributed by atoms with Crippen molar-refractivity contribution in [3.8, 4) is 33.9 Å². The van der Waals surface area contributed by atoms with Crippen LogP contribution in [-0.4, -0.2) is 73.1 Å². The van der Waals surface area contributed by atoms with Gasteiger partial charge in [-0.1, -0.05) is 30.3 Å². The van der Waals surface area contributed by atoms with Gasteiger partial charge in [-0.15, -0.1) is 0 Å². The topological polar surface area (TPSA) is 140 Å². The largest absolute Gasteiger partial charge is 0.384 e. The van der Waals surface area contributed by atoms with Gasteiger partial charge >= 0.3 is 0 Å². The Morgan fingerprint density at radius 3 is 2.53 bits per heavy atom. The molecule has 1 amide bonds. The number of pyridine rings is 3. The number of amides is 1. The van der Waals surface area contributed by atoms with E-state index in [1.165, 1.54) is 12.1 Å². The van der Waals surface area contributed by atoms with Crippen molar-refractivity contribution < 1.29 is 9.18 Å². The van der Waals surface area contributed by atoms with E-state index in [0.717, 1.165) is 23.2 Å². The molecule has 7 rings (SSSR count). The zero-order valence-corrected chi connectivity index (χ0v) is 25.8. The summed E-state index contributed by atoms with van der Waals surface area (Å²) in [6.45, 7) is 1.49. The van der Waals surface area contributed by atoms with Crippen molar-refractivity contribution in [2.45, 2.75) is 6.42 Å². The third kappa shape index (κ3) is 6.53. The number of carbonyl (C=O) groups excluding carboxylic acids is 1. The van der Waals surface area contributed by atoms with Crippen LogP contribution in [-0.2, 0) is 11.2 Å². The van der Waals surface area contributed by atoms with Crippen molar-refractivity contribution in [2.75, 3.05) is 37.8 Å². The van der Waals surface area contributed by atoms with Gasteiger partial charge < -0.3 is 20.5 Å². The van der Waals surface area contributed by atoms with Gasteiger partial charge in [-0.05, 0) is 61.6 Å². The molecule has 0 spiro atoms. The van der Waals surface area contributed by atoms with Gasteiger partial charge in [-0.2, -0.15) is 5.10 Å². The molecule has 0 atom stereocenters. The number of nitrogens with zero attached hydrogens (tertiary/aromatic N) is 6. The third-order valence-electron chi connectivity index (χ3n) is 7.65. The predicted molar refractivity (Wildman–Crippen MR) is 181 cm³/mol. The van der Waals surface area contributed by atoms with Gasteiger partial charge in [0.15, 0.2) is 11.5 Å². The molecule has 0 saturated carbocycles. The molecule has 0 fully saturated rings. The van der Waals surface area contributed by atoms with E-state index >= 15 is 0 Å². The normalized spacial score (nSPS) is 11.4. The number of benzene rings is 2. The fourth-order valence-electron chi connectivity index (χ4n) is 5.39. The zero-order chi connectivity index (χ0) is 32.3. The fourth-order valence-corrected chi connectivity index (χ4v) is 5.39. The van der Waals surface area contributed by atoms with E-state index in [1.807, 2.05) is 68.7 Å². The number of H-pyrrole nitrogens is 2. The van der Waals surface area contributed by atoms with E-state index in [4.69, 9.17) is 9.97 Å². The molecule has 11 nitrogen and oxygen atoms in total. The highest BCUT2D eigenvalue weighted by molar-refractivity contribution is 5.96. The van der Waals surface area contributed by atoms with Gasteiger partial charge in [0, 0.05) is 42.3 Å². The number of hydrogen-bond acceptors (Lipinski definition) is 8.